The fourth-order valence-electron chi connectivity index (χ4n) is 4.23. The number of carbonyl (C=O) groups is 2. The maximum atomic E-state index is 13.0. The summed E-state index contributed by atoms with van der Waals surface area (Å²) in [6, 6.07) is 16.5. The summed E-state index contributed by atoms with van der Waals surface area (Å²) in [5.74, 6) is -0.857. The minimum atomic E-state index is -0.697. The SMILES string of the molecule is CCOc1cc(/C=C2/N=C(c3sc4cc([N+](=O)[O-])ccc4c3Cl)OC2=O)ccc1OC(=O)c1sc2ccccc2c1Cl. The van der Waals surface area contributed by atoms with Crippen molar-refractivity contribution in [2.45, 2.75) is 6.92 Å². The Morgan fingerprint density at radius 1 is 1.02 bits per heavy atom. The molecule has 3 heterocycles. The quantitative estimate of drug-likeness (QED) is 0.0578. The van der Waals surface area contributed by atoms with E-state index in [9.17, 15) is 19.7 Å². The van der Waals surface area contributed by atoms with Gasteiger partial charge in [-0.3, -0.25) is 10.1 Å². The van der Waals surface area contributed by atoms with Crippen LogP contribution < -0.4 is 9.47 Å². The van der Waals surface area contributed by atoms with Gasteiger partial charge in [0.1, 0.15) is 9.75 Å². The zero-order chi connectivity index (χ0) is 29.5. The second kappa shape index (κ2) is 11.2. The van der Waals surface area contributed by atoms with Gasteiger partial charge >= 0.3 is 11.9 Å². The third-order valence-electron chi connectivity index (χ3n) is 6.13. The number of carbonyl (C=O) groups excluding carboxylic acids is 2. The first kappa shape index (κ1) is 27.9. The van der Waals surface area contributed by atoms with Gasteiger partial charge in [0.25, 0.3) is 5.69 Å². The topological polar surface area (TPSA) is 117 Å². The number of halogens is 2. The Balaban J connectivity index is 1.28. The lowest BCUT2D eigenvalue weighted by molar-refractivity contribution is -0.384. The molecule has 42 heavy (non-hydrogen) atoms. The average molecular weight is 639 g/mol. The summed E-state index contributed by atoms with van der Waals surface area (Å²) in [4.78, 5) is 41.3. The maximum Gasteiger partial charge on any atom is 0.363 e. The molecule has 5 aromatic rings. The summed E-state index contributed by atoms with van der Waals surface area (Å²) in [5.41, 5.74) is 0.464. The average Bonchev–Trinajstić information content (AvgIpc) is 3.62. The number of thiophene rings is 2. The van der Waals surface area contributed by atoms with Crippen LogP contribution in [0.1, 0.15) is 27.0 Å². The number of esters is 2. The minimum absolute atomic E-state index is 0.00380. The molecule has 0 fully saturated rings. The largest absolute Gasteiger partial charge is 0.490 e. The Bertz CT molecular complexity index is 2010. The lowest BCUT2D eigenvalue weighted by Gasteiger charge is -2.11. The standard InChI is InChI=1S/C29H16Cl2N2O7S2/c1-2-38-20-12-14(7-10-19(20)39-29(35)26-24(31)16-5-3-4-6-21(16)41-26)11-18-28(34)40-27(32-18)25-23(30)17-9-8-15(33(36)37)13-22(17)42-25/h3-13H,2H2,1H3/b18-11+. The van der Waals surface area contributed by atoms with Crippen LogP contribution in [0.5, 0.6) is 11.5 Å². The molecule has 0 N–H and O–H groups in total. The van der Waals surface area contributed by atoms with Crippen LogP contribution in [0.4, 0.5) is 5.69 Å². The van der Waals surface area contributed by atoms with E-state index in [0.29, 0.717) is 32.2 Å². The molecule has 0 saturated carbocycles. The molecule has 0 aliphatic carbocycles. The van der Waals surface area contributed by atoms with Gasteiger partial charge in [0.2, 0.25) is 5.90 Å². The zero-order valence-electron chi connectivity index (χ0n) is 21.4. The highest BCUT2D eigenvalue weighted by atomic mass is 35.5. The van der Waals surface area contributed by atoms with Gasteiger partial charge in [-0.05, 0) is 42.8 Å². The fourth-order valence-corrected chi connectivity index (χ4v) is 7.08. The molecule has 0 spiro atoms. The van der Waals surface area contributed by atoms with Gasteiger partial charge < -0.3 is 14.2 Å². The molecule has 210 valence electrons. The molecule has 0 amide bonds. The number of fused-ring (bicyclic) bond motifs is 2. The molecule has 1 aliphatic rings. The Kier molecular flexibility index (Phi) is 7.42. The van der Waals surface area contributed by atoms with Gasteiger partial charge in [-0.25, -0.2) is 14.6 Å². The van der Waals surface area contributed by atoms with E-state index in [-0.39, 0.29) is 38.7 Å². The van der Waals surface area contributed by atoms with Crippen LogP contribution >= 0.6 is 45.9 Å². The monoisotopic (exact) mass is 638 g/mol. The number of cyclic esters (lactones) is 1. The maximum absolute atomic E-state index is 13.0. The molecule has 13 heteroatoms. The second-order valence-electron chi connectivity index (χ2n) is 8.79. The summed E-state index contributed by atoms with van der Waals surface area (Å²) < 4.78 is 18.2. The third-order valence-corrected chi connectivity index (χ3v) is 9.43. The van der Waals surface area contributed by atoms with Crippen LogP contribution in [0.3, 0.4) is 0 Å². The van der Waals surface area contributed by atoms with Gasteiger partial charge in [-0.1, -0.05) is 47.5 Å². The Hall–Kier alpha value is -4.29. The number of nitrogens with zero attached hydrogens (tertiary/aromatic N) is 2. The van der Waals surface area contributed by atoms with Crippen molar-refractivity contribution in [3.05, 3.63) is 102 Å². The van der Waals surface area contributed by atoms with Crippen molar-refractivity contribution >= 4 is 95.6 Å². The second-order valence-corrected chi connectivity index (χ2v) is 11.6. The third kappa shape index (κ3) is 5.12. The number of hydrogen-bond donors (Lipinski definition) is 0. The predicted molar refractivity (Wildman–Crippen MR) is 163 cm³/mol. The highest BCUT2D eigenvalue weighted by Crippen LogP contribution is 2.40. The number of nitro groups is 1. The van der Waals surface area contributed by atoms with Crippen molar-refractivity contribution < 1.29 is 28.7 Å². The molecule has 1 aliphatic heterocycles. The number of non-ortho nitro benzene ring substituents is 1. The fraction of sp³-hybridized carbons (Fsp3) is 0.0690. The number of ether oxygens (including phenoxy) is 3. The first-order chi connectivity index (χ1) is 20.2. The molecule has 2 aromatic heterocycles. The minimum Gasteiger partial charge on any atom is -0.490 e. The molecular weight excluding hydrogens is 623 g/mol. The van der Waals surface area contributed by atoms with E-state index in [1.54, 1.807) is 31.2 Å². The summed E-state index contributed by atoms with van der Waals surface area (Å²) in [6.45, 7) is 2.08. The van der Waals surface area contributed by atoms with Crippen molar-refractivity contribution in [1.29, 1.82) is 0 Å². The molecular formula is C29H16Cl2N2O7S2. The first-order valence-corrected chi connectivity index (χ1v) is 14.7. The number of nitro benzene ring substituents is 1. The number of rotatable bonds is 7. The van der Waals surface area contributed by atoms with Crippen LogP contribution in [0.25, 0.3) is 26.2 Å². The smallest absolute Gasteiger partial charge is 0.363 e. The van der Waals surface area contributed by atoms with Gasteiger partial charge in [0.05, 0.1) is 21.6 Å². The van der Waals surface area contributed by atoms with Crippen LogP contribution in [0, 0.1) is 10.1 Å². The molecule has 9 nitrogen and oxygen atoms in total. The highest BCUT2D eigenvalue weighted by Gasteiger charge is 2.29. The summed E-state index contributed by atoms with van der Waals surface area (Å²) in [5, 5.41) is 13.1. The Labute approximate surface area is 255 Å². The van der Waals surface area contributed by atoms with Crippen LogP contribution in [-0.2, 0) is 9.53 Å². The van der Waals surface area contributed by atoms with Crippen LogP contribution in [0.2, 0.25) is 10.0 Å². The van der Waals surface area contributed by atoms with Gasteiger partial charge in [-0.2, -0.15) is 0 Å². The summed E-state index contributed by atoms with van der Waals surface area (Å²) >= 11 is 15.3. The molecule has 0 bridgehead atoms. The van der Waals surface area contributed by atoms with Crippen molar-refractivity contribution in [2.24, 2.45) is 4.99 Å². The van der Waals surface area contributed by atoms with E-state index < -0.39 is 16.9 Å². The van der Waals surface area contributed by atoms with E-state index in [2.05, 4.69) is 4.99 Å². The zero-order valence-corrected chi connectivity index (χ0v) is 24.5. The Morgan fingerprint density at radius 3 is 2.57 bits per heavy atom. The van der Waals surface area contributed by atoms with Gasteiger partial charge in [0.15, 0.2) is 17.2 Å². The van der Waals surface area contributed by atoms with Crippen molar-refractivity contribution in [3.63, 3.8) is 0 Å². The van der Waals surface area contributed by atoms with Crippen molar-refractivity contribution in [3.8, 4) is 11.5 Å². The molecule has 3 aromatic carbocycles. The number of aliphatic imine (C=N–C) groups is 1. The van der Waals surface area contributed by atoms with Crippen molar-refractivity contribution in [2.75, 3.05) is 6.61 Å². The normalized spacial score (nSPS) is 13.9. The molecule has 6 rings (SSSR count). The summed E-state index contributed by atoms with van der Waals surface area (Å²) in [7, 11) is 0. The van der Waals surface area contributed by atoms with E-state index in [1.807, 2.05) is 24.3 Å². The molecule has 0 unspecified atom stereocenters. The number of hydrogen-bond acceptors (Lipinski definition) is 10. The van der Waals surface area contributed by atoms with E-state index in [1.165, 1.54) is 29.5 Å². The van der Waals surface area contributed by atoms with E-state index in [0.717, 1.165) is 21.4 Å². The molecule has 0 saturated heterocycles. The summed E-state index contributed by atoms with van der Waals surface area (Å²) in [6.07, 6.45) is 1.50. The lowest BCUT2D eigenvalue weighted by Crippen LogP contribution is -2.08. The van der Waals surface area contributed by atoms with Crippen molar-refractivity contribution in [1.82, 2.24) is 0 Å². The predicted octanol–water partition coefficient (Wildman–Crippen LogP) is 8.29. The first-order valence-electron chi connectivity index (χ1n) is 12.3. The van der Waals surface area contributed by atoms with Crippen LogP contribution in [-0.4, -0.2) is 29.4 Å². The van der Waals surface area contributed by atoms with Gasteiger partial charge in [0, 0.05) is 32.3 Å². The van der Waals surface area contributed by atoms with E-state index >= 15 is 0 Å². The van der Waals surface area contributed by atoms with E-state index in [4.69, 9.17) is 37.4 Å². The molecule has 0 radical (unpaired) electrons. The number of benzene rings is 3. The highest BCUT2D eigenvalue weighted by molar-refractivity contribution is 7.22. The Morgan fingerprint density at radius 2 is 1.81 bits per heavy atom. The lowest BCUT2D eigenvalue weighted by atomic mass is 10.1. The van der Waals surface area contributed by atoms with Gasteiger partial charge in [-0.15, -0.1) is 22.7 Å². The molecule has 0 atom stereocenters. The van der Waals surface area contributed by atoms with Crippen LogP contribution in [0.15, 0.2) is 71.4 Å².